The Hall–Kier alpha value is -2.34. The molecule has 2 aliphatic rings. The molecule has 0 saturated heterocycles. The van der Waals surface area contributed by atoms with E-state index >= 15 is 0 Å². The van der Waals surface area contributed by atoms with Gasteiger partial charge in [-0.05, 0) is 49.7 Å². The van der Waals surface area contributed by atoms with Crippen molar-refractivity contribution in [2.75, 3.05) is 13.1 Å². The summed E-state index contributed by atoms with van der Waals surface area (Å²) in [6.45, 7) is 3.05. The Labute approximate surface area is 158 Å². The number of fused-ring (bicyclic) bond motifs is 1. The van der Waals surface area contributed by atoms with Crippen LogP contribution in [0.4, 0.5) is 0 Å². The molecule has 2 aliphatic carbocycles. The van der Waals surface area contributed by atoms with Gasteiger partial charge in [0.2, 0.25) is 5.91 Å². The number of hydrogen-bond donors (Lipinski definition) is 3. The molecule has 1 aromatic carbocycles. The molecular formula is C21H27N3O3. The number of carboxylic acid groups (broad SMARTS) is 1. The van der Waals surface area contributed by atoms with Crippen molar-refractivity contribution in [3.05, 3.63) is 35.5 Å². The van der Waals surface area contributed by atoms with Gasteiger partial charge in [0.25, 0.3) is 0 Å². The monoisotopic (exact) mass is 369 g/mol. The highest BCUT2D eigenvalue weighted by Gasteiger charge is 2.37. The fourth-order valence-electron chi connectivity index (χ4n) is 4.11. The average Bonchev–Trinajstić information content (AvgIpc) is 3.29. The average molecular weight is 369 g/mol. The number of aliphatic carboxylic acids is 1. The van der Waals surface area contributed by atoms with Crippen molar-refractivity contribution in [3.8, 4) is 0 Å². The summed E-state index contributed by atoms with van der Waals surface area (Å²) in [4.78, 5) is 28.9. The van der Waals surface area contributed by atoms with Crippen molar-refractivity contribution in [2.24, 2.45) is 5.92 Å². The molecule has 2 aromatic rings. The maximum atomic E-state index is 12.5. The standard InChI is InChI=1S/C21H27N3O3/c1-13-3-2-4-18-15(10-22-21(13)18)7-19(25)23-16-8-17(9-16)24(12-20(26)27)11-14-5-6-14/h2-4,10,14,16-17,22H,5-9,11-12H2,1H3,(H,23,25)(H,26,27). The summed E-state index contributed by atoms with van der Waals surface area (Å²) < 4.78 is 0. The van der Waals surface area contributed by atoms with Gasteiger partial charge in [-0.3, -0.25) is 14.5 Å². The van der Waals surface area contributed by atoms with Crippen LogP contribution in [-0.2, 0) is 16.0 Å². The van der Waals surface area contributed by atoms with E-state index < -0.39 is 5.97 Å². The number of carbonyl (C=O) groups excluding carboxylic acids is 1. The molecule has 6 nitrogen and oxygen atoms in total. The fourth-order valence-corrected chi connectivity index (χ4v) is 4.11. The van der Waals surface area contributed by atoms with Gasteiger partial charge in [-0.2, -0.15) is 0 Å². The first kappa shape index (κ1) is 18.0. The molecule has 0 bridgehead atoms. The molecule has 6 heteroatoms. The van der Waals surface area contributed by atoms with Crippen LogP contribution < -0.4 is 5.32 Å². The summed E-state index contributed by atoms with van der Waals surface area (Å²) >= 11 is 0. The van der Waals surface area contributed by atoms with E-state index in [4.69, 9.17) is 5.11 Å². The summed E-state index contributed by atoms with van der Waals surface area (Å²) in [5, 5.41) is 13.4. The predicted molar refractivity (Wildman–Crippen MR) is 104 cm³/mol. The molecule has 1 aromatic heterocycles. The lowest BCUT2D eigenvalue weighted by Gasteiger charge is -2.42. The molecule has 0 radical (unpaired) electrons. The third-order valence-electron chi connectivity index (χ3n) is 5.88. The minimum atomic E-state index is -0.766. The van der Waals surface area contributed by atoms with Crippen LogP contribution >= 0.6 is 0 Å². The van der Waals surface area contributed by atoms with Gasteiger partial charge in [0.15, 0.2) is 0 Å². The number of H-pyrrole nitrogens is 1. The van der Waals surface area contributed by atoms with Crippen LogP contribution in [0, 0.1) is 12.8 Å². The smallest absolute Gasteiger partial charge is 0.317 e. The number of rotatable bonds is 8. The second kappa shape index (κ2) is 7.35. The van der Waals surface area contributed by atoms with Gasteiger partial charge in [-0.25, -0.2) is 0 Å². The fraction of sp³-hybridized carbons (Fsp3) is 0.524. The number of nitrogens with one attached hydrogen (secondary N) is 2. The lowest BCUT2D eigenvalue weighted by atomic mass is 9.85. The number of amides is 1. The molecule has 0 aliphatic heterocycles. The second-order valence-corrected chi connectivity index (χ2v) is 8.14. The van der Waals surface area contributed by atoms with Crippen molar-refractivity contribution in [1.82, 2.24) is 15.2 Å². The predicted octanol–water partition coefficient (Wildman–Crippen LogP) is 2.46. The Morgan fingerprint density at radius 3 is 2.78 bits per heavy atom. The molecule has 0 unspecified atom stereocenters. The van der Waals surface area contributed by atoms with Gasteiger partial charge >= 0.3 is 5.97 Å². The highest BCUT2D eigenvalue weighted by molar-refractivity contribution is 5.90. The van der Waals surface area contributed by atoms with Gasteiger partial charge < -0.3 is 15.4 Å². The zero-order valence-electron chi connectivity index (χ0n) is 15.7. The molecule has 2 fully saturated rings. The van der Waals surface area contributed by atoms with Crippen LogP contribution in [0.5, 0.6) is 0 Å². The van der Waals surface area contributed by atoms with E-state index in [0.29, 0.717) is 12.3 Å². The molecule has 2 saturated carbocycles. The summed E-state index contributed by atoms with van der Waals surface area (Å²) in [5.74, 6) is -0.0612. The van der Waals surface area contributed by atoms with E-state index in [9.17, 15) is 9.59 Å². The summed E-state index contributed by atoms with van der Waals surface area (Å²) in [5.41, 5.74) is 3.28. The molecule has 3 N–H and O–H groups in total. The second-order valence-electron chi connectivity index (χ2n) is 8.14. The van der Waals surface area contributed by atoms with Gasteiger partial charge in [0.1, 0.15) is 0 Å². The van der Waals surface area contributed by atoms with E-state index in [-0.39, 0.29) is 24.5 Å². The maximum Gasteiger partial charge on any atom is 0.317 e. The third-order valence-corrected chi connectivity index (χ3v) is 5.88. The van der Waals surface area contributed by atoms with Crippen LogP contribution in [0.15, 0.2) is 24.4 Å². The number of nitrogens with zero attached hydrogens (tertiary/aromatic N) is 1. The minimum Gasteiger partial charge on any atom is -0.480 e. The lowest BCUT2D eigenvalue weighted by molar-refractivity contribution is -0.140. The van der Waals surface area contributed by atoms with Crippen molar-refractivity contribution in [3.63, 3.8) is 0 Å². The van der Waals surface area contributed by atoms with E-state index in [2.05, 4.69) is 28.2 Å². The van der Waals surface area contributed by atoms with Crippen LogP contribution in [0.1, 0.15) is 36.8 Å². The molecule has 1 amide bonds. The SMILES string of the molecule is Cc1cccc2c(CC(=O)NC3CC(N(CC(=O)O)CC4CC4)C3)c[nH]c12. The van der Waals surface area contributed by atoms with Gasteiger partial charge in [0.05, 0.1) is 13.0 Å². The Balaban J connectivity index is 1.29. The Morgan fingerprint density at radius 1 is 1.30 bits per heavy atom. The van der Waals surface area contributed by atoms with Crippen LogP contribution in [-0.4, -0.2) is 52.0 Å². The highest BCUT2D eigenvalue weighted by Crippen LogP contribution is 2.33. The van der Waals surface area contributed by atoms with E-state index in [1.54, 1.807) is 0 Å². The molecule has 144 valence electrons. The molecule has 0 spiro atoms. The van der Waals surface area contributed by atoms with Crippen molar-refractivity contribution in [2.45, 2.75) is 51.1 Å². The van der Waals surface area contributed by atoms with E-state index in [1.165, 1.54) is 18.4 Å². The molecule has 27 heavy (non-hydrogen) atoms. The van der Waals surface area contributed by atoms with Crippen molar-refractivity contribution < 1.29 is 14.7 Å². The van der Waals surface area contributed by atoms with Crippen molar-refractivity contribution >= 4 is 22.8 Å². The zero-order chi connectivity index (χ0) is 19.0. The number of aryl methyl sites for hydroxylation is 1. The third kappa shape index (κ3) is 4.16. The Bertz CT molecular complexity index is 849. The number of aromatic amines is 1. The largest absolute Gasteiger partial charge is 0.480 e. The summed E-state index contributed by atoms with van der Waals surface area (Å²) in [6, 6.07) is 6.55. The molecule has 4 rings (SSSR count). The maximum absolute atomic E-state index is 12.5. The highest BCUT2D eigenvalue weighted by atomic mass is 16.4. The van der Waals surface area contributed by atoms with Crippen LogP contribution in [0.3, 0.4) is 0 Å². The Morgan fingerprint density at radius 2 is 2.07 bits per heavy atom. The first-order chi connectivity index (χ1) is 13.0. The van der Waals surface area contributed by atoms with Gasteiger partial charge in [-0.1, -0.05) is 18.2 Å². The van der Waals surface area contributed by atoms with E-state index in [1.807, 2.05) is 18.3 Å². The van der Waals surface area contributed by atoms with Crippen molar-refractivity contribution in [1.29, 1.82) is 0 Å². The number of para-hydroxylation sites is 1. The Kier molecular flexibility index (Phi) is 4.91. The number of carboxylic acids is 1. The summed E-state index contributed by atoms with van der Waals surface area (Å²) in [6.07, 6.45) is 6.41. The molecular weight excluding hydrogens is 342 g/mol. The van der Waals surface area contributed by atoms with Crippen LogP contribution in [0.25, 0.3) is 10.9 Å². The summed E-state index contributed by atoms with van der Waals surface area (Å²) in [7, 11) is 0. The number of hydrogen-bond acceptors (Lipinski definition) is 3. The lowest BCUT2D eigenvalue weighted by Crippen LogP contribution is -2.55. The zero-order valence-corrected chi connectivity index (χ0v) is 15.7. The minimum absolute atomic E-state index is 0.0350. The van der Waals surface area contributed by atoms with E-state index in [0.717, 1.165) is 35.9 Å². The van der Waals surface area contributed by atoms with Crippen LogP contribution in [0.2, 0.25) is 0 Å². The number of carbonyl (C=O) groups is 2. The first-order valence-electron chi connectivity index (χ1n) is 9.80. The van der Waals surface area contributed by atoms with Gasteiger partial charge in [0, 0.05) is 35.7 Å². The normalized spacial score (nSPS) is 22.0. The number of benzene rings is 1. The first-order valence-corrected chi connectivity index (χ1v) is 9.80. The topological polar surface area (TPSA) is 85.4 Å². The quantitative estimate of drug-likeness (QED) is 0.667. The molecule has 0 atom stereocenters. The molecule has 1 heterocycles. The number of aromatic nitrogens is 1. The van der Waals surface area contributed by atoms with Gasteiger partial charge in [-0.15, -0.1) is 0 Å².